The van der Waals surface area contributed by atoms with Gasteiger partial charge in [-0.05, 0) is 0 Å². The van der Waals surface area contributed by atoms with Crippen molar-refractivity contribution in [3.63, 3.8) is 0 Å². The average molecular weight is 192 g/mol. The summed E-state index contributed by atoms with van der Waals surface area (Å²) in [4.78, 5) is 5.13. The molecule has 0 N–H and O–H groups in total. The quantitative estimate of drug-likeness (QED) is 0.513. The van der Waals surface area contributed by atoms with Crippen LogP contribution in [0.15, 0.2) is 0 Å². The van der Waals surface area contributed by atoms with E-state index in [-0.39, 0.29) is 0 Å². The number of hydrogen-bond donors (Lipinski definition) is 0. The van der Waals surface area contributed by atoms with E-state index in [1.807, 2.05) is 0 Å². The summed E-state index contributed by atoms with van der Waals surface area (Å²) in [6, 6.07) is 0. The first kappa shape index (κ1) is 5.72. The Bertz CT molecular complexity index is 22.4. The molecule has 34 valence electrons. The van der Waals surface area contributed by atoms with E-state index in [1.165, 1.54) is 0 Å². The first-order chi connectivity index (χ1) is 2.00. The van der Waals surface area contributed by atoms with E-state index >= 15 is 0 Å². The first-order valence-corrected chi connectivity index (χ1v) is 9.25. The molecule has 5 heavy (non-hydrogen) atoms. The van der Waals surface area contributed by atoms with Gasteiger partial charge in [-0.1, -0.05) is 0 Å². The first-order valence-electron chi connectivity index (χ1n) is 1.38. The monoisotopic (exact) mass is 194 g/mol. The van der Waals surface area contributed by atoms with Gasteiger partial charge in [0.2, 0.25) is 0 Å². The van der Waals surface area contributed by atoms with Crippen molar-refractivity contribution < 1.29 is 2.89 Å². The standard InChI is InChI=1S/C3H9FTe/c1-5(2,3)4/h1-3H3. The minimum absolute atomic E-state index is 1.71. The summed E-state index contributed by atoms with van der Waals surface area (Å²) >= 11 is -2.52. The fourth-order valence-corrected chi connectivity index (χ4v) is 0. The average Bonchev–Trinajstić information content (AvgIpc) is 0.722. The van der Waals surface area contributed by atoms with Crippen LogP contribution >= 0.6 is 0 Å². The Hall–Kier alpha value is 0.720. The Kier molecular flexibility index (Phi) is 1.65. The van der Waals surface area contributed by atoms with Gasteiger partial charge in [0.15, 0.2) is 0 Å². The topological polar surface area (TPSA) is 0 Å². The molecule has 0 rings (SSSR count). The Balaban J connectivity index is 3.02. The molecule has 0 saturated heterocycles. The molecule has 0 radical (unpaired) electrons. The van der Waals surface area contributed by atoms with Crippen LogP contribution in [0.2, 0.25) is 14.9 Å². The number of halogens is 1. The van der Waals surface area contributed by atoms with Crippen LogP contribution in [0.4, 0.5) is 2.89 Å². The molecule has 0 aliphatic rings. The molecule has 0 aliphatic carbocycles. The van der Waals surface area contributed by atoms with Crippen LogP contribution in [-0.2, 0) is 0 Å². The van der Waals surface area contributed by atoms with E-state index in [1.54, 1.807) is 14.9 Å². The van der Waals surface area contributed by atoms with Gasteiger partial charge in [-0.2, -0.15) is 0 Å². The second-order valence-electron chi connectivity index (χ2n) is 1.69. The zero-order valence-corrected chi connectivity index (χ0v) is 6.12. The molecular formula is C3H9FTe. The van der Waals surface area contributed by atoms with Gasteiger partial charge in [-0.15, -0.1) is 0 Å². The van der Waals surface area contributed by atoms with Crippen LogP contribution in [0.25, 0.3) is 0 Å². The molecule has 0 unspecified atom stereocenters. The van der Waals surface area contributed by atoms with Crippen LogP contribution in [0.1, 0.15) is 0 Å². The molecule has 0 aromatic heterocycles. The maximum absolute atomic E-state index is 11.9. The van der Waals surface area contributed by atoms with Crippen LogP contribution in [0, 0.1) is 0 Å². The molecule has 0 atom stereocenters. The van der Waals surface area contributed by atoms with Gasteiger partial charge in [0.25, 0.3) is 0 Å². The second kappa shape index (κ2) is 1.45. The van der Waals surface area contributed by atoms with E-state index < -0.39 is 18.7 Å². The molecule has 0 aromatic rings. The maximum atomic E-state index is 11.9. The zero-order valence-electron chi connectivity index (χ0n) is 3.79. The summed E-state index contributed by atoms with van der Waals surface area (Å²) < 4.78 is 11.9. The fourth-order valence-electron chi connectivity index (χ4n) is 0. The molecule has 0 spiro atoms. The summed E-state index contributed by atoms with van der Waals surface area (Å²) in [6.45, 7) is 0. The Morgan fingerprint density at radius 3 is 1.20 bits per heavy atom. The predicted octanol–water partition coefficient (Wildman–Crippen LogP) is 1.79. The van der Waals surface area contributed by atoms with Crippen LogP contribution in [-0.4, -0.2) is 18.7 Å². The Morgan fingerprint density at radius 1 is 1.20 bits per heavy atom. The van der Waals surface area contributed by atoms with E-state index in [2.05, 4.69) is 0 Å². The van der Waals surface area contributed by atoms with Crippen molar-refractivity contribution in [1.29, 1.82) is 0 Å². The molecule has 0 aliphatic heterocycles. The zero-order chi connectivity index (χ0) is 4.50. The van der Waals surface area contributed by atoms with E-state index in [0.717, 1.165) is 0 Å². The SMILES string of the molecule is C[Te](C)(C)F. The minimum atomic E-state index is -2.52. The van der Waals surface area contributed by atoms with Crippen molar-refractivity contribution in [3.8, 4) is 0 Å². The molecule has 0 heterocycles. The molecule has 0 nitrogen and oxygen atoms in total. The summed E-state index contributed by atoms with van der Waals surface area (Å²) in [5.41, 5.74) is 0. The van der Waals surface area contributed by atoms with Crippen molar-refractivity contribution in [2.24, 2.45) is 0 Å². The Labute approximate surface area is 37.0 Å². The second-order valence-corrected chi connectivity index (χ2v) is 11.3. The van der Waals surface area contributed by atoms with Crippen LogP contribution in [0.3, 0.4) is 0 Å². The Morgan fingerprint density at radius 2 is 1.20 bits per heavy atom. The third-order valence-electron chi connectivity index (χ3n) is 0. The molecule has 0 fully saturated rings. The van der Waals surface area contributed by atoms with Crippen molar-refractivity contribution in [1.82, 2.24) is 0 Å². The predicted molar refractivity (Wildman–Crippen MR) is 24.5 cm³/mol. The summed E-state index contributed by atoms with van der Waals surface area (Å²) in [7, 11) is 0. The van der Waals surface area contributed by atoms with Crippen molar-refractivity contribution in [3.05, 3.63) is 0 Å². The van der Waals surface area contributed by atoms with E-state index in [9.17, 15) is 2.89 Å². The van der Waals surface area contributed by atoms with Crippen molar-refractivity contribution >= 4 is 18.7 Å². The van der Waals surface area contributed by atoms with Gasteiger partial charge in [0.1, 0.15) is 0 Å². The van der Waals surface area contributed by atoms with E-state index in [0.29, 0.717) is 0 Å². The molecular weight excluding hydrogens is 183 g/mol. The summed E-state index contributed by atoms with van der Waals surface area (Å²) in [6.07, 6.45) is 0. The van der Waals surface area contributed by atoms with E-state index in [4.69, 9.17) is 0 Å². The van der Waals surface area contributed by atoms with Gasteiger partial charge in [0.05, 0.1) is 0 Å². The number of rotatable bonds is 0. The molecule has 2 heteroatoms. The molecule has 0 amide bonds. The van der Waals surface area contributed by atoms with Gasteiger partial charge >= 0.3 is 36.6 Å². The fraction of sp³-hybridized carbons (Fsp3) is 1.00. The van der Waals surface area contributed by atoms with Crippen LogP contribution in [0.5, 0.6) is 0 Å². The van der Waals surface area contributed by atoms with Crippen molar-refractivity contribution in [2.75, 3.05) is 0 Å². The van der Waals surface area contributed by atoms with Gasteiger partial charge < -0.3 is 0 Å². The third kappa shape index (κ3) is 67.4. The normalized spacial score (nSPS) is 15.2. The van der Waals surface area contributed by atoms with Gasteiger partial charge in [0, 0.05) is 0 Å². The molecule has 0 saturated carbocycles. The molecule has 0 aromatic carbocycles. The van der Waals surface area contributed by atoms with Crippen LogP contribution < -0.4 is 0 Å². The number of hydrogen-bond acceptors (Lipinski definition) is 0. The van der Waals surface area contributed by atoms with Gasteiger partial charge in [-0.25, -0.2) is 0 Å². The molecule has 0 bridgehead atoms. The summed E-state index contributed by atoms with van der Waals surface area (Å²) in [5.74, 6) is 0. The van der Waals surface area contributed by atoms with Crippen molar-refractivity contribution in [2.45, 2.75) is 14.9 Å². The third-order valence-corrected chi connectivity index (χ3v) is 0. The summed E-state index contributed by atoms with van der Waals surface area (Å²) in [5, 5.41) is 0. The van der Waals surface area contributed by atoms with Gasteiger partial charge in [-0.3, -0.25) is 0 Å².